The number of nitrogens with one attached hydrogen (secondary N) is 1. The quantitative estimate of drug-likeness (QED) is 0.712. The zero-order valence-electron chi connectivity index (χ0n) is 16.6. The highest BCUT2D eigenvalue weighted by molar-refractivity contribution is 5.95. The van der Waals surface area contributed by atoms with Crippen LogP contribution in [0.4, 0.5) is 0 Å². The molecule has 0 aliphatic carbocycles. The second-order valence-corrected chi connectivity index (χ2v) is 8.12. The van der Waals surface area contributed by atoms with Crippen LogP contribution in [0.25, 0.3) is 10.9 Å². The molecule has 2 aliphatic heterocycles. The monoisotopic (exact) mass is 392 g/mol. The fraction of sp³-hybridized carbons (Fsp3) is 0.364. The summed E-state index contributed by atoms with van der Waals surface area (Å²) in [6.07, 6.45) is 3.29. The minimum Gasteiger partial charge on any atom is -0.497 e. The van der Waals surface area contributed by atoms with Crippen molar-refractivity contribution in [1.29, 1.82) is 0 Å². The van der Waals surface area contributed by atoms with Crippen molar-refractivity contribution in [3.63, 3.8) is 0 Å². The number of pyridine rings is 1. The van der Waals surface area contributed by atoms with Crippen molar-refractivity contribution in [2.24, 2.45) is 0 Å². The SMILES string of the molecule is COc1ccc2c3c([nH]c2c1)[C@H](CO)N(C)CC31CN(C(=O)c2cccnc2)C1. The lowest BCUT2D eigenvalue weighted by atomic mass is 9.68. The van der Waals surface area contributed by atoms with E-state index in [4.69, 9.17) is 4.74 Å². The number of aliphatic hydroxyl groups excluding tert-OH is 1. The molecule has 0 radical (unpaired) electrons. The maximum Gasteiger partial charge on any atom is 0.255 e. The number of fused-ring (bicyclic) bond motifs is 4. The molecule has 1 fully saturated rings. The Balaban J connectivity index is 1.55. The van der Waals surface area contributed by atoms with Crippen molar-refractivity contribution in [3.8, 4) is 5.75 Å². The molecule has 7 nitrogen and oxygen atoms in total. The standard InChI is InChI=1S/C22H24N4O3/c1-25-11-22(12-26(13-22)21(28)14-4-3-7-23-9-14)19-16-6-5-15(29-2)8-17(16)24-20(19)18(25)10-27/h3-9,18,24,27H,10-13H2,1-2H3/t18-/m0/s1. The maximum absolute atomic E-state index is 12.9. The van der Waals surface area contributed by atoms with Crippen molar-refractivity contribution in [2.45, 2.75) is 11.5 Å². The summed E-state index contributed by atoms with van der Waals surface area (Å²) in [5, 5.41) is 11.2. The van der Waals surface area contributed by atoms with E-state index in [1.165, 1.54) is 5.56 Å². The lowest BCUT2D eigenvalue weighted by Crippen LogP contribution is -2.67. The molecule has 0 bridgehead atoms. The molecule has 29 heavy (non-hydrogen) atoms. The Morgan fingerprint density at radius 2 is 2.17 bits per heavy atom. The van der Waals surface area contributed by atoms with Crippen molar-refractivity contribution < 1.29 is 14.6 Å². The third-order valence-electron chi connectivity index (χ3n) is 6.34. The number of rotatable bonds is 3. The zero-order valence-corrected chi connectivity index (χ0v) is 16.6. The number of H-pyrrole nitrogens is 1. The average Bonchev–Trinajstić information content (AvgIpc) is 3.10. The fourth-order valence-electron chi connectivity index (χ4n) is 5.02. The van der Waals surface area contributed by atoms with Gasteiger partial charge in [0.15, 0.2) is 0 Å². The van der Waals surface area contributed by atoms with Crippen molar-refractivity contribution in [1.82, 2.24) is 19.8 Å². The first-order chi connectivity index (χ1) is 14.1. The topological polar surface area (TPSA) is 81.7 Å². The van der Waals surface area contributed by atoms with Gasteiger partial charge in [0, 0.05) is 60.1 Å². The van der Waals surface area contributed by atoms with E-state index in [0.717, 1.165) is 28.9 Å². The summed E-state index contributed by atoms with van der Waals surface area (Å²) in [5.74, 6) is 0.805. The number of hydrogen-bond acceptors (Lipinski definition) is 5. The summed E-state index contributed by atoms with van der Waals surface area (Å²) in [6.45, 7) is 2.13. The summed E-state index contributed by atoms with van der Waals surface area (Å²) >= 11 is 0. The van der Waals surface area contributed by atoms with E-state index >= 15 is 0 Å². The molecule has 1 aromatic carbocycles. The van der Waals surface area contributed by atoms with Gasteiger partial charge in [-0.05, 0) is 36.9 Å². The molecular formula is C22H24N4O3. The minimum absolute atomic E-state index is 0.0127. The molecule has 1 amide bonds. The van der Waals surface area contributed by atoms with E-state index in [9.17, 15) is 9.90 Å². The minimum atomic E-state index is -0.152. The molecule has 1 atom stereocenters. The van der Waals surface area contributed by atoms with Crippen LogP contribution in [0.1, 0.15) is 27.7 Å². The Hall–Kier alpha value is -2.90. The Morgan fingerprint density at radius 1 is 1.34 bits per heavy atom. The third-order valence-corrected chi connectivity index (χ3v) is 6.34. The Bertz CT molecular complexity index is 1070. The van der Waals surface area contributed by atoms with Crippen molar-refractivity contribution >= 4 is 16.8 Å². The highest BCUT2D eigenvalue weighted by atomic mass is 16.5. The molecule has 5 rings (SSSR count). The normalized spacial score (nSPS) is 20.5. The van der Waals surface area contributed by atoms with Crippen LogP contribution in [0.3, 0.4) is 0 Å². The average molecular weight is 392 g/mol. The number of benzene rings is 1. The maximum atomic E-state index is 12.9. The van der Waals surface area contributed by atoms with Crippen LogP contribution in [0, 0.1) is 0 Å². The second kappa shape index (κ2) is 6.57. The number of likely N-dealkylation sites (N-methyl/N-ethyl adjacent to an activating group) is 1. The number of nitrogens with zero attached hydrogens (tertiary/aromatic N) is 3. The van der Waals surface area contributed by atoms with Crippen LogP contribution in [-0.4, -0.2) is 71.2 Å². The first-order valence-corrected chi connectivity index (χ1v) is 9.77. The van der Waals surface area contributed by atoms with Gasteiger partial charge in [-0.2, -0.15) is 0 Å². The Labute approximate surface area is 168 Å². The van der Waals surface area contributed by atoms with Gasteiger partial charge in [0.2, 0.25) is 0 Å². The van der Waals surface area contributed by atoms with Crippen LogP contribution in [0.2, 0.25) is 0 Å². The van der Waals surface area contributed by atoms with Gasteiger partial charge in [-0.15, -0.1) is 0 Å². The molecule has 4 heterocycles. The molecule has 2 aliphatic rings. The molecule has 2 aromatic heterocycles. The summed E-state index contributed by atoms with van der Waals surface area (Å²) in [5.41, 5.74) is 3.73. The Kier molecular flexibility index (Phi) is 4.11. The number of carbonyl (C=O) groups is 1. The van der Waals surface area contributed by atoms with Gasteiger partial charge in [-0.3, -0.25) is 14.7 Å². The van der Waals surface area contributed by atoms with E-state index in [1.807, 2.05) is 24.1 Å². The zero-order chi connectivity index (χ0) is 20.2. The Morgan fingerprint density at radius 3 is 2.86 bits per heavy atom. The number of amides is 1. The molecule has 1 saturated heterocycles. The van der Waals surface area contributed by atoms with Gasteiger partial charge in [-0.1, -0.05) is 0 Å². The number of likely N-dealkylation sites (tertiary alicyclic amines) is 1. The largest absolute Gasteiger partial charge is 0.497 e. The van der Waals surface area contributed by atoms with E-state index in [1.54, 1.807) is 31.6 Å². The first kappa shape index (κ1) is 18.1. The third kappa shape index (κ3) is 2.65. The van der Waals surface area contributed by atoms with Crippen molar-refractivity contribution in [3.05, 3.63) is 59.5 Å². The van der Waals surface area contributed by atoms with Crippen LogP contribution in [0.5, 0.6) is 5.75 Å². The molecular weight excluding hydrogens is 368 g/mol. The number of carbonyl (C=O) groups excluding carboxylic acids is 1. The van der Waals surface area contributed by atoms with Crippen LogP contribution < -0.4 is 4.74 Å². The smallest absolute Gasteiger partial charge is 0.255 e. The van der Waals surface area contributed by atoms with E-state index < -0.39 is 0 Å². The second-order valence-electron chi connectivity index (χ2n) is 8.12. The predicted molar refractivity (Wildman–Crippen MR) is 109 cm³/mol. The fourth-order valence-corrected chi connectivity index (χ4v) is 5.02. The van der Waals surface area contributed by atoms with Crippen LogP contribution in [0.15, 0.2) is 42.7 Å². The number of ether oxygens (including phenoxy) is 1. The van der Waals surface area contributed by atoms with Crippen LogP contribution in [-0.2, 0) is 5.41 Å². The molecule has 0 unspecified atom stereocenters. The van der Waals surface area contributed by atoms with E-state index in [2.05, 4.69) is 20.9 Å². The number of methoxy groups -OCH3 is 1. The molecule has 7 heteroatoms. The van der Waals surface area contributed by atoms with E-state index in [0.29, 0.717) is 18.7 Å². The number of aliphatic hydroxyl groups is 1. The molecule has 0 saturated carbocycles. The van der Waals surface area contributed by atoms with E-state index in [-0.39, 0.29) is 24.0 Å². The van der Waals surface area contributed by atoms with Crippen molar-refractivity contribution in [2.75, 3.05) is 40.4 Å². The molecule has 150 valence electrons. The summed E-state index contributed by atoms with van der Waals surface area (Å²) in [4.78, 5) is 24.5. The number of aromatic amines is 1. The molecule has 2 N–H and O–H groups in total. The summed E-state index contributed by atoms with van der Waals surface area (Å²) < 4.78 is 5.38. The number of aromatic nitrogens is 2. The molecule has 3 aromatic rings. The van der Waals surface area contributed by atoms with Gasteiger partial charge in [0.1, 0.15) is 5.75 Å². The highest BCUT2D eigenvalue weighted by Crippen LogP contribution is 2.48. The lowest BCUT2D eigenvalue weighted by Gasteiger charge is -2.55. The van der Waals surface area contributed by atoms with Crippen LogP contribution >= 0.6 is 0 Å². The lowest BCUT2D eigenvalue weighted by molar-refractivity contribution is 0.00836. The summed E-state index contributed by atoms with van der Waals surface area (Å²) in [6, 6.07) is 9.54. The van der Waals surface area contributed by atoms with Gasteiger partial charge in [0.05, 0.1) is 25.3 Å². The highest BCUT2D eigenvalue weighted by Gasteiger charge is 2.53. The van der Waals surface area contributed by atoms with Gasteiger partial charge >= 0.3 is 0 Å². The number of hydrogen-bond donors (Lipinski definition) is 2. The van der Waals surface area contributed by atoms with Gasteiger partial charge in [-0.25, -0.2) is 0 Å². The first-order valence-electron chi connectivity index (χ1n) is 9.77. The predicted octanol–water partition coefficient (Wildman–Crippen LogP) is 1.94. The summed E-state index contributed by atoms with van der Waals surface area (Å²) in [7, 11) is 3.69. The van der Waals surface area contributed by atoms with Gasteiger partial charge in [0.25, 0.3) is 5.91 Å². The molecule has 1 spiro atoms. The van der Waals surface area contributed by atoms with Gasteiger partial charge < -0.3 is 19.7 Å².